The monoisotopic (exact) mass is 276 g/mol. The van der Waals surface area contributed by atoms with E-state index in [2.05, 4.69) is 13.8 Å². The van der Waals surface area contributed by atoms with Gasteiger partial charge in [-0.2, -0.15) is 0 Å². The van der Waals surface area contributed by atoms with Gasteiger partial charge in [0.2, 0.25) is 0 Å². The van der Waals surface area contributed by atoms with Gasteiger partial charge in [-0.3, -0.25) is 0 Å². The van der Waals surface area contributed by atoms with Gasteiger partial charge in [0.25, 0.3) is 0 Å². The molecule has 3 heteroatoms. The molecule has 0 aliphatic heterocycles. The second-order valence-corrected chi connectivity index (χ2v) is 4.73. The third-order valence-electron chi connectivity index (χ3n) is 2.96. The number of unbranched alkanes of at least 4 members (excludes halogenated alkanes) is 1. The topological polar surface area (TPSA) is 35.5 Å². The molecule has 0 bridgehead atoms. The minimum atomic E-state index is -0.309. The van der Waals surface area contributed by atoms with E-state index in [4.69, 9.17) is 9.47 Å². The Morgan fingerprint density at radius 2 is 2.05 bits per heavy atom. The van der Waals surface area contributed by atoms with Crippen molar-refractivity contribution in [3.63, 3.8) is 0 Å². The van der Waals surface area contributed by atoms with Crippen LogP contribution in [0.15, 0.2) is 30.3 Å². The van der Waals surface area contributed by atoms with Crippen LogP contribution in [0.4, 0.5) is 0 Å². The summed E-state index contributed by atoms with van der Waals surface area (Å²) in [6.07, 6.45) is 6.20. The molecule has 1 rings (SSSR count). The van der Waals surface area contributed by atoms with E-state index in [-0.39, 0.29) is 12.1 Å². The van der Waals surface area contributed by atoms with E-state index in [1.807, 2.05) is 31.2 Å². The number of rotatable bonds is 8. The number of esters is 1. The fourth-order valence-corrected chi connectivity index (χ4v) is 1.55. The average molecular weight is 276 g/mol. The van der Waals surface area contributed by atoms with Crippen LogP contribution in [0.3, 0.4) is 0 Å². The number of hydrogen-bond donors (Lipinski definition) is 0. The zero-order chi connectivity index (χ0) is 14.8. The van der Waals surface area contributed by atoms with Gasteiger partial charge in [-0.15, -0.1) is 0 Å². The molecular formula is C17H24O3. The lowest BCUT2D eigenvalue weighted by molar-refractivity contribution is -0.137. The molecule has 0 fully saturated rings. The van der Waals surface area contributed by atoms with Crippen LogP contribution in [-0.2, 0) is 9.53 Å². The van der Waals surface area contributed by atoms with Crippen molar-refractivity contribution in [2.75, 3.05) is 6.61 Å². The molecule has 1 aromatic carbocycles. The van der Waals surface area contributed by atoms with Crippen LogP contribution in [0.5, 0.6) is 5.75 Å². The van der Waals surface area contributed by atoms with Gasteiger partial charge in [0.15, 0.2) is 0 Å². The lowest BCUT2D eigenvalue weighted by Crippen LogP contribution is -2.10. The van der Waals surface area contributed by atoms with Gasteiger partial charge < -0.3 is 9.47 Å². The predicted octanol–water partition coefficient (Wildman–Crippen LogP) is 4.22. The van der Waals surface area contributed by atoms with E-state index in [0.29, 0.717) is 6.61 Å². The van der Waals surface area contributed by atoms with Crippen molar-refractivity contribution in [3.8, 4) is 5.75 Å². The van der Waals surface area contributed by atoms with Crippen LogP contribution >= 0.6 is 0 Å². The molecule has 0 aliphatic carbocycles. The molecule has 1 aromatic rings. The lowest BCUT2D eigenvalue weighted by Gasteiger charge is -2.14. The highest BCUT2D eigenvalue weighted by molar-refractivity contribution is 5.87. The molecular weight excluding hydrogens is 252 g/mol. The highest BCUT2D eigenvalue weighted by atomic mass is 16.5. The number of ether oxygens (including phenoxy) is 2. The number of hydrogen-bond acceptors (Lipinski definition) is 3. The summed E-state index contributed by atoms with van der Waals surface area (Å²) in [5, 5.41) is 0. The quantitative estimate of drug-likeness (QED) is 0.405. The van der Waals surface area contributed by atoms with E-state index in [1.165, 1.54) is 6.08 Å². The van der Waals surface area contributed by atoms with Gasteiger partial charge in [-0.05, 0) is 31.9 Å². The molecule has 0 N–H and O–H groups in total. The highest BCUT2D eigenvalue weighted by Gasteiger charge is 2.05. The number of para-hydroxylation sites is 1. The minimum absolute atomic E-state index is 0.154. The first kappa shape index (κ1) is 16.3. The molecule has 0 radical (unpaired) electrons. The number of carbonyl (C=O) groups excluding carboxylic acids is 1. The molecule has 0 saturated heterocycles. The summed E-state index contributed by atoms with van der Waals surface area (Å²) < 4.78 is 10.9. The fraction of sp³-hybridized carbons (Fsp3) is 0.471. The Kier molecular flexibility index (Phi) is 7.48. The average Bonchev–Trinajstić information content (AvgIpc) is 2.46. The second kappa shape index (κ2) is 9.18. The van der Waals surface area contributed by atoms with Crippen molar-refractivity contribution >= 4 is 12.0 Å². The smallest absolute Gasteiger partial charge is 0.330 e. The van der Waals surface area contributed by atoms with Gasteiger partial charge in [0.1, 0.15) is 5.75 Å². The van der Waals surface area contributed by atoms with Crippen molar-refractivity contribution in [2.24, 2.45) is 0 Å². The zero-order valence-electron chi connectivity index (χ0n) is 12.6. The highest BCUT2D eigenvalue weighted by Crippen LogP contribution is 2.21. The standard InChI is InChI=1S/C17H24O3/c1-4-6-13-19-17(18)12-11-15-9-7-8-10-16(15)20-14(3)5-2/h7-12,14H,4-6,13H2,1-3H3/b12-11+. The summed E-state index contributed by atoms with van der Waals surface area (Å²) in [6, 6.07) is 7.68. The zero-order valence-corrected chi connectivity index (χ0v) is 12.6. The number of carbonyl (C=O) groups is 1. The van der Waals surface area contributed by atoms with Gasteiger partial charge in [-0.1, -0.05) is 38.5 Å². The molecule has 3 nitrogen and oxygen atoms in total. The van der Waals surface area contributed by atoms with E-state index in [9.17, 15) is 4.79 Å². The van der Waals surface area contributed by atoms with E-state index < -0.39 is 0 Å². The molecule has 1 unspecified atom stereocenters. The molecule has 0 aromatic heterocycles. The summed E-state index contributed by atoms with van der Waals surface area (Å²) in [7, 11) is 0. The van der Waals surface area contributed by atoms with Crippen molar-refractivity contribution < 1.29 is 14.3 Å². The van der Waals surface area contributed by atoms with Crippen LogP contribution in [0.2, 0.25) is 0 Å². The second-order valence-electron chi connectivity index (χ2n) is 4.73. The third kappa shape index (κ3) is 5.91. The van der Waals surface area contributed by atoms with Gasteiger partial charge in [-0.25, -0.2) is 4.79 Å². The Bertz CT molecular complexity index is 438. The fourth-order valence-electron chi connectivity index (χ4n) is 1.55. The van der Waals surface area contributed by atoms with Crippen LogP contribution in [0.25, 0.3) is 6.08 Å². The van der Waals surface area contributed by atoms with E-state index in [0.717, 1.165) is 30.6 Å². The Hall–Kier alpha value is -1.77. The van der Waals surface area contributed by atoms with Gasteiger partial charge in [0.05, 0.1) is 12.7 Å². The van der Waals surface area contributed by atoms with Crippen molar-refractivity contribution in [1.82, 2.24) is 0 Å². The van der Waals surface area contributed by atoms with Crippen molar-refractivity contribution in [3.05, 3.63) is 35.9 Å². The summed E-state index contributed by atoms with van der Waals surface area (Å²) in [4.78, 5) is 11.5. The van der Waals surface area contributed by atoms with Gasteiger partial charge in [0, 0.05) is 11.6 Å². The maximum atomic E-state index is 11.5. The number of benzene rings is 1. The Balaban J connectivity index is 2.64. The van der Waals surface area contributed by atoms with Gasteiger partial charge >= 0.3 is 5.97 Å². The molecule has 0 aliphatic rings. The van der Waals surface area contributed by atoms with Crippen LogP contribution in [0, 0.1) is 0 Å². The first-order valence-electron chi connectivity index (χ1n) is 7.27. The Morgan fingerprint density at radius 3 is 2.75 bits per heavy atom. The molecule has 110 valence electrons. The molecule has 0 heterocycles. The van der Waals surface area contributed by atoms with Crippen molar-refractivity contribution in [1.29, 1.82) is 0 Å². The summed E-state index contributed by atoms with van der Waals surface area (Å²) in [6.45, 7) is 6.64. The molecule has 0 spiro atoms. The van der Waals surface area contributed by atoms with E-state index in [1.54, 1.807) is 6.08 Å². The van der Waals surface area contributed by atoms with Crippen LogP contribution in [0.1, 0.15) is 45.6 Å². The minimum Gasteiger partial charge on any atom is -0.490 e. The maximum absolute atomic E-state index is 11.5. The summed E-state index contributed by atoms with van der Waals surface area (Å²) >= 11 is 0. The summed E-state index contributed by atoms with van der Waals surface area (Å²) in [5.74, 6) is 0.483. The Labute approximate surface area is 121 Å². The van der Waals surface area contributed by atoms with E-state index >= 15 is 0 Å². The SMILES string of the molecule is CCCCOC(=O)/C=C/c1ccccc1OC(C)CC. The largest absolute Gasteiger partial charge is 0.490 e. The van der Waals surface area contributed by atoms with Crippen molar-refractivity contribution in [2.45, 2.75) is 46.1 Å². The first-order valence-corrected chi connectivity index (χ1v) is 7.27. The van der Waals surface area contributed by atoms with Crippen LogP contribution < -0.4 is 4.74 Å². The first-order chi connectivity index (χ1) is 9.67. The lowest BCUT2D eigenvalue weighted by atomic mass is 10.2. The molecule has 1 atom stereocenters. The summed E-state index contributed by atoms with van der Waals surface area (Å²) in [5.41, 5.74) is 0.889. The molecule has 0 saturated carbocycles. The van der Waals surface area contributed by atoms with Crippen LogP contribution in [-0.4, -0.2) is 18.7 Å². The normalized spacial score (nSPS) is 12.3. The maximum Gasteiger partial charge on any atom is 0.330 e. The molecule has 20 heavy (non-hydrogen) atoms. The predicted molar refractivity (Wildman–Crippen MR) is 81.7 cm³/mol. The third-order valence-corrected chi connectivity index (χ3v) is 2.96. The molecule has 0 amide bonds. The Morgan fingerprint density at radius 1 is 1.30 bits per heavy atom.